The second-order valence-electron chi connectivity index (χ2n) is 11.2. The first-order valence-corrected chi connectivity index (χ1v) is 15.4. The average Bonchev–Trinajstić information content (AvgIpc) is 3.44. The molecule has 10 heteroatoms. The van der Waals surface area contributed by atoms with Crippen LogP contribution in [0.4, 0.5) is 0 Å². The fraction of sp³-hybridized carbons (Fsp3) is 0.733. The summed E-state index contributed by atoms with van der Waals surface area (Å²) < 4.78 is 4.74. The number of ether oxygens (including phenoxy) is 1. The summed E-state index contributed by atoms with van der Waals surface area (Å²) in [6.07, 6.45) is 10.4. The Labute approximate surface area is 244 Å². The first kappa shape index (κ1) is 33.7. The van der Waals surface area contributed by atoms with Crippen molar-refractivity contribution in [3.63, 3.8) is 0 Å². The molecular weight excluding hydrogens is 528 g/mol. The van der Waals surface area contributed by atoms with Crippen LogP contribution in [0, 0.1) is 24.2 Å². The number of carbonyl (C=O) groups is 3. The number of nitrogens with zero attached hydrogens (tertiary/aromatic N) is 3. The molecule has 2 rings (SSSR count). The van der Waals surface area contributed by atoms with Crippen LogP contribution in [0.1, 0.15) is 101 Å². The third-order valence-corrected chi connectivity index (χ3v) is 8.89. The molecule has 0 spiro atoms. The summed E-state index contributed by atoms with van der Waals surface area (Å²) in [7, 11) is 3.25. The zero-order valence-electron chi connectivity index (χ0n) is 25.0. The molecule has 0 bridgehead atoms. The zero-order chi connectivity index (χ0) is 29.8. The summed E-state index contributed by atoms with van der Waals surface area (Å²) in [5, 5.41) is 16.2. The van der Waals surface area contributed by atoms with Crippen LogP contribution < -0.4 is 5.32 Å². The summed E-state index contributed by atoms with van der Waals surface area (Å²) in [5.74, 6) is 1.81. The molecule has 40 heavy (non-hydrogen) atoms. The molecule has 1 aromatic heterocycles. The Morgan fingerprint density at radius 3 is 2.62 bits per heavy atom. The van der Waals surface area contributed by atoms with Gasteiger partial charge in [0, 0.05) is 30.8 Å². The third-order valence-electron chi connectivity index (χ3n) is 7.94. The van der Waals surface area contributed by atoms with Gasteiger partial charge in [0.05, 0.1) is 13.2 Å². The molecule has 2 N–H and O–H groups in total. The third kappa shape index (κ3) is 9.28. The van der Waals surface area contributed by atoms with E-state index in [0.717, 1.165) is 38.6 Å². The molecule has 1 unspecified atom stereocenters. The molecule has 2 amide bonds. The van der Waals surface area contributed by atoms with E-state index in [0.29, 0.717) is 24.4 Å². The second-order valence-corrected chi connectivity index (χ2v) is 12.1. The van der Waals surface area contributed by atoms with Gasteiger partial charge in [0.1, 0.15) is 17.2 Å². The fourth-order valence-electron chi connectivity index (χ4n) is 5.19. The van der Waals surface area contributed by atoms with E-state index in [1.54, 1.807) is 5.38 Å². The number of likely N-dealkylation sites (tertiary alicyclic amines) is 1. The normalized spacial score (nSPS) is 18.8. The number of thiazole rings is 1. The van der Waals surface area contributed by atoms with Crippen molar-refractivity contribution in [3.05, 3.63) is 16.1 Å². The number of rotatable bonds is 15. The highest BCUT2D eigenvalue weighted by molar-refractivity contribution is 7.09. The van der Waals surface area contributed by atoms with Crippen molar-refractivity contribution < 1.29 is 24.2 Å². The van der Waals surface area contributed by atoms with E-state index >= 15 is 0 Å². The quantitative estimate of drug-likeness (QED) is 0.184. The van der Waals surface area contributed by atoms with Crippen molar-refractivity contribution in [1.29, 1.82) is 0 Å². The molecule has 1 fully saturated rings. The predicted molar refractivity (Wildman–Crippen MR) is 158 cm³/mol. The second kappa shape index (κ2) is 16.7. The van der Waals surface area contributed by atoms with E-state index in [2.05, 4.69) is 21.1 Å². The topological polar surface area (TPSA) is 112 Å². The lowest BCUT2D eigenvalue weighted by molar-refractivity contribution is -0.142. The van der Waals surface area contributed by atoms with Gasteiger partial charge in [-0.1, -0.05) is 40.5 Å². The van der Waals surface area contributed by atoms with Gasteiger partial charge in [-0.3, -0.25) is 14.5 Å². The number of likely N-dealkylation sites (N-methyl/N-ethyl adjacent to an activating group) is 1. The minimum absolute atomic E-state index is 0.0176. The van der Waals surface area contributed by atoms with E-state index in [1.165, 1.54) is 18.4 Å². The van der Waals surface area contributed by atoms with Crippen molar-refractivity contribution in [2.24, 2.45) is 11.8 Å². The number of hydrogen-bond acceptors (Lipinski definition) is 8. The maximum absolute atomic E-state index is 14.3. The van der Waals surface area contributed by atoms with Crippen LogP contribution in [0.3, 0.4) is 0 Å². The van der Waals surface area contributed by atoms with Crippen molar-refractivity contribution in [1.82, 2.24) is 20.1 Å². The van der Waals surface area contributed by atoms with Gasteiger partial charge in [-0.15, -0.1) is 23.7 Å². The highest BCUT2D eigenvalue weighted by atomic mass is 32.1. The lowest BCUT2D eigenvalue weighted by atomic mass is 9.91. The number of aromatic nitrogens is 1. The molecule has 1 aliphatic rings. The Bertz CT molecular complexity index is 1010. The first-order valence-electron chi connectivity index (χ1n) is 14.5. The van der Waals surface area contributed by atoms with Crippen LogP contribution in [-0.2, 0) is 14.3 Å². The minimum atomic E-state index is -0.968. The molecule has 1 saturated heterocycles. The molecule has 0 saturated carbocycles. The Morgan fingerprint density at radius 1 is 1.30 bits per heavy atom. The lowest BCUT2D eigenvalue weighted by Crippen LogP contribution is -2.58. The standard InChI is InChI=1S/C30H48N4O5S/c1-8-10-11-13-17-34(24(20(3)4)18-25(35)28-31-22(19-40-28)30(38)39-7)29(37)26(21(5)9-2)32-27(36)23-15-12-14-16-33(23)6/h1,19-21,23-26,35H,9-18H2,2-7H3,(H,32,36)/t21-,23?,24+,25+,26-/m0/s1. The number of nitrogens with one attached hydrogen (secondary N) is 1. The van der Waals surface area contributed by atoms with E-state index < -0.39 is 18.1 Å². The van der Waals surface area contributed by atoms with Crippen LogP contribution in [0.5, 0.6) is 0 Å². The Morgan fingerprint density at radius 2 is 2.02 bits per heavy atom. The van der Waals surface area contributed by atoms with Gasteiger partial charge < -0.3 is 20.1 Å². The molecule has 5 atom stereocenters. The average molecular weight is 577 g/mol. The van der Waals surface area contributed by atoms with Gasteiger partial charge in [0.2, 0.25) is 11.8 Å². The maximum atomic E-state index is 14.3. The van der Waals surface area contributed by atoms with E-state index in [9.17, 15) is 19.5 Å². The molecule has 1 aromatic rings. The monoisotopic (exact) mass is 576 g/mol. The van der Waals surface area contributed by atoms with E-state index in [1.807, 2.05) is 39.6 Å². The van der Waals surface area contributed by atoms with Crippen LogP contribution in [0.2, 0.25) is 0 Å². The number of unbranched alkanes of at least 4 members (excludes halogenated alkanes) is 2. The maximum Gasteiger partial charge on any atom is 0.357 e. The van der Waals surface area contributed by atoms with Crippen molar-refractivity contribution in [2.45, 2.75) is 103 Å². The number of piperidine rings is 1. The lowest BCUT2D eigenvalue weighted by Gasteiger charge is -2.40. The molecule has 0 aliphatic carbocycles. The molecule has 0 radical (unpaired) electrons. The van der Waals surface area contributed by atoms with Gasteiger partial charge in [-0.05, 0) is 51.1 Å². The van der Waals surface area contributed by atoms with E-state index in [4.69, 9.17) is 11.2 Å². The number of hydrogen-bond donors (Lipinski definition) is 2. The fourth-order valence-corrected chi connectivity index (χ4v) is 5.98. The van der Waals surface area contributed by atoms with Crippen molar-refractivity contribution >= 4 is 29.1 Å². The highest BCUT2D eigenvalue weighted by Crippen LogP contribution is 2.29. The summed E-state index contributed by atoms with van der Waals surface area (Å²) in [5.41, 5.74) is 0.150. The SMILES string of the molecule is C#CCCCCN(C(=O)[C@@H](NC(=O)C1CCCCN1C)[C@@H](C)CC)[C@H](C[C@@H](O)c1nc(C(=O)OC)cs1)C(C)C. The van der Waals surface area contributed by atoms with Crippen LogP contribution in [0.25, 0.3) is 0 Å². The summed E-state index contributed by atoms with van der Waals surface area (Å²) in [4.78, 5) is 47.7. The van der Waals surface area contributed by atoms with Gasteiger partial charge in [-0.2, -0.15) is 0 Å². The van der Waals surface area contributed by atoms with Gasteiger partial charge in [0.25, 0.3) is 0 Å². The Hall–Kier alpha value is -2.48. The summed E-state index contributed by atoms with van der Waals surface area (Å²) in [6.45, 7) is 9.39. The predicted octanol–water partition coefficient (Wildman–Crippen LogP) is 4.03. The van der Waals surface area contributed by atoms with Crippen LogP contribution >= 0.6 is 11.3 Å². The van der Waals surface area contributed by atoms with Gasteiger partial charge in [-0.25, -0.2) is 9.78 Å². The number of aliphatic hydroxyl groups excluding tert-OH is 1. The number of aliphatic hydroxyl groups is 1. The van der Waals surface area contributed by atoms with Crippen LogP contribution in [-0.4, -0.2) is 83.0 Å². The highest BCUT2D eigenvalue weighted by Gasteiger charge is 2.37. The molecule has 0 aromatic carbocycles. The Balaban J connectivity index is 2.33. The van der Waals surface area contributed by atoms with Crippen LogP contribution in [0.15, 0.2) is 5.38 Å². The number of amides is 2. The number of esters is 1. The largest absolute Gasteiger partial charge is 0.464 e. The summed E-state index contributed by atoms with van der Waals surface area (Å²) in [6, 6.07) is -1.24. The number of terminal acetylenes is 1. The zero-order valence-corrected chi connectivity index (χ0v) is 25.8. The van der Waals surface area contributed by atoms with Crippen molar-refractivity contribution in [3.8, 4) is 12.3 Å². The minimum Gasteiger partial charge on any atom is -0.464 e. The Kier molecular flexibility index (Phi) is 14.1. The number of methoxy groups -OCH3 is 1. The van der Waals surface area contributed by atoms with E-state index in [-0.39, 0.29) is 47.8 Å². The summed E-state index contributed by atoms with van der Waals surface area (Å²) >= 11 is 1.19. The van der Waals surface area contributed by atoms with Gasteiger partial charge >= 0.3 is 5.97 Å². The smallest absolute Gasteiger partial charge is 0.357 e. The van der Waals surface area contributed by atoms with Crippen molar-refractivity contribution in [2.75, 3.05) is 27.2 Å². The molecule has 1 aliphatic heterocycles. The first-order chi connectivity index (χ1) is 19.0. The molecule has 9 nitrogen and oxygen atoms in total. The molecular formula is C30H48N4O5S. The van der Waals surface area contributed by atoms with Gasteiger partial charge in [0.15, 0.2) is 5.69 Å². The molecule has 224 valence electrons. The number of carbonyl (C=O) groups excluding carboxylic acids is 3. The molecule has 2 heterocycles.